The molecule has 3 rings (SSSR count). The van der Waals surface area contributed by atoms with Gasteiger partial charge in [0.05, 0.1) is 22.5 Å². The number of esters is 1. The fraction of sp³-hybridized carbons (Fsp3) is 0.231. The molecule has 1 aliphatic heterocycles. The quantitative estimate of drug-likeness (QED) is 0.798. The van der Waals surface area contributed by atoms with E-state index in [4.69, 9.17) is 25.8 Å². The number of nitrogens with zero attached hydrogens (tertiary/aromatic N) is 1. The van der Waals surface area contributed by atoms with E-state index in [1.54, 1.807) is 17.6 Å². The highest BCUT2D eigenvalue weighted by atomic mass is 35.5. The Hall–Kier alpha value is -1.79. The SMILES string of the molecule is COC(=O)c1ncsc1-c1cc(Cl)c2c(c1)OCCO2. The largest absolute Gasteiger partial charge is 0.486 e. The fourth-order valence-electron chi connectivity index (χ4n) is 1.93. The van der Waals surface area contributed by atoms with E-state index in [0.717, 1.165) is 5.56 Å². The van der Waals surface area contributed by atoms with E-state index in [2.05, 4.69) is 4.98 Å². The van der Waals surface area contributed by atoms with Gasteiger partial charge in [0.2, 0.25) is 0 Å². The minimum Gasteiger partial charge on any atom is -0.486 e. The fourth-order valence-corrected chi connectivity index (χ4v) is 2.97. The summed E-state index contributed by atoms with van der Waals surface area (Å²) in [6.45, 7) is 0.944. The van der Waals surface area contributed by atoms with Gasteiger partial charge in [0.15, 0.2) is 17.2 Å². The second kappa shape index (κ2) is 5.30. The Kier molecular flexibility index (Phi) is 3.50. The number of carbonyl (C=O) groups excluding carboxylic acids is 1. The molecule has 0 saturated heterocycles. The van der Waals surface area contributed by atoms with Gasteiger partial charge in [-0.05, 0) is 17.7 Å². The maximum atomic E-state index is 11.7. The summed E-state index contributed by atoms with van der Waals surface area (Å²) in [6.07, 6.45) is 0. The Bertz CT molecular complexity index is 670. The smallest absolute Gasteiger partial charge is 0.358 e. The maximum Gasteiger partial charge on any atom is 0.358 e. The van der Waals surface area contributed by atoms with Crippen LogP contribution in [-0.4, -0.2) is 31.3 Å². The predicted molar refractivity (Wildman–Crippen MR) is 74.9 cm³/mol. The van der Waals surface area contributed by atoms with Gasteiger partial charge in [-0.2, -0.15) is 0 Å². The average Bonchev–Trinajstić information content (AvgIpc) is 2.96. The lowest BCUT2D eigenvalue weighted by atomic mass is 10.1. The molecule has 104 valence electrons. The molecule has 0 bridgehead atoms. The second-order valence-electron chi connectivity index (χ2n) is 4.00. The first-order valence-electron chi connectivity index (χ1n) is 5.82. The van der Waals surface area contributed by atoms with Crippen LogP contribution >= 0.6 is 22.9 Å². The number of carbonyl (C=O) groups is 1. The van der Waals surface area contributed by atoms with E-state index in [1.165, 1.54) is 18.4 Å². The third-order valence-corrected chi connectivity index (χ3v) is 3.96. The summed E-state index contributed by atoms with van der Waals surface area (Å²) in [6, 6.07) is 3.52. The monoisotopic (exact) mass is 311 g/mol. The van der Waals surface area contributed by atoms with Gasteiger partial charge in [-0.25, -0.2) is 9.78 Å². The second-order valence-corrected chi connectivity index (χ2v) is 5.27. The van der Waals surface area contributed by atoms with Crippen molar-refractivity contribution in [3.05, 3.63) is 28.4 Å². The summed E-state index contributed by atoms with van der Waals surface area (Å²) in [5.41, 5.74) is 2.61. The van der Waals surface area contributed by atoms with Gasteiger partial charge in [0.1, 0.15) is 13.2 Å². The van der Waals surface area contributed by atoms with Crippen LogP contribution in [0.4, 0.5) is 0 Å². The zero-order chi connectivity index (χ0) is 14.1. The summed E-state index contributed by atoms with van der Waals surface area (Å²) in [5, 5.41) is 0.446. The molecule has 0 saturated carbocycles. The van der Waals surface area contributed by atoms with Crippen molar-refractivity contribution in [2.75, 3.05) is 20.3 Å². The van der Waals surface area contributed by atoms with Crippen LogP contribution in [0.1, 0.15) is 10.5 Å². The van der Waals surface area contributed by atoms with Crippen LogP contribution in [-0.2, 0) is 4.74 Å². The normalized spacial score (nSPS) is 13.1. The van der Waals surface area contributed by atoms with Crippen molar-refractivity contribution < 1.29 is 19.0 Å². The Morgan fingerprint density at radius 1 is 1.40 bits per heavy atom. The molecule has 1 aromatic carbocycles. The number of methoxy groups -OCH3 is 1. The number of ether oxygens (including phenoxy) is 3. The van der Waals surface area contributed by atoms with Crippen molar-refractivity contribution in [3.8, 4) is 21.9 Å². The number of fused-ring (bicyclic) bond motifs is 1. The van der Waals surface area contributed by atoms with Crippen molar-refractivity contribution in [2.24, 2.45) is 0 Å². The van der Waals surface area contributed by atoms with E-state index in [1.807, 2.05) is 0 Å². The molecule has 0 atom stereocenters. The van der Waals surface area contributed by atoms with Gasteiger partial charge in [-0.3, -0.25) is 0 Å². The Labute approximate surface area is 124 Å². The van der Waals surface area contributed by atoms with Crippen LogP contribution in [0.15, 0.2) is 17.6 Å². The van der Waals surface area contributed by atoms with Crippen LogP contribution in [0.2, 0.25) is 5.02 Å². The van der Waals surface area contributed by atoms with E-state index >= 15 is 0 Å². The molecule has 2 heterocycles. The highest BCUT2D eigenvalue weighted by Crippen LogP contribution is 2.42. The van der Waals surface area contributed by atoms with Crippen molar-refractivity contribution in [2.45, 2.75) is 0 Å². The lowest BCUT2D eigenvalue weighted by molar-refractivity contribution is 0.0596. The first kappa shape index (κ1) is 13.2. The Morgan fingerprint density at radius 2 is 2.20 bits per heavy atom. The molecule has 5 nitrogen and oxygen atoms in total. The van der Waals surface area contributed by atoms with Crippen LogP contribution in [0, 0.1) is 0 Å². The zero-order valence-corrected chi connectivity index (χ0v) is 12.1. The van der Waals surface area contributed by atoms with Gasteiger partial charge >= 0.3 is 5.97 Å². The predicted octanol–water partition coefficient (Wildman–Crippen LogP) is 3.02. The highest BCUT2D eigenvalue weighted by Gasteiger charge is 2.21. The maximum absolute atomic E-state index is 11.7. The van der Waals surface area contributed by atoms with Crippen LogP contribution in [0.3, 0.4) is 0 Å². The third kappa shape index (κ3) is 2.21. The third-order valence-electron chi connectivity index (χ3n) is 2.81. The molecule has 0 unspecified atom stereocenters. The number of aromatic nitrogens is 1. The summed E-state index contributed by atoms with van der Waals surface area (Å²) < 4.78 is 15.7. The van der Waals surface area contributed by atoms with Gasteiger partial charge in [-0.15, -0.1) is 11.3 Å². The minimum atomic E-state index is -0.479. The first-order chi connectivity index (χ1) is 9.70. The highest BCUT2D eigenvalue weighted by molar-refractivity contribution is 7.13. The van der Waals surface area contributed by atoms with E-state index in [9.17, 15) is 4.79 Å². The number of hydrogen-bond acceptors (Lipinski definition) is 6. The van der Waals surface area contributed by atoms with Crippen LogP contribution < -0.4 is 9.47 Å². The standard InChI is InChI=1S/C13H10ClNO4S/c1-17-13(16)10-12(20-6-15-10)7-4-8(14)11-9(5-7)18-2-3-19-11/h4-6H,2-3H2,1H3. The Balaban J connectivity index is 2.09. The van der Waals surface area contributed by atoms with Gasteiger partial charge in [0.25, 0.3) is 0 Å². The molecule has 0 radical (unpaired) electrons. The molecule has 1 aliphatic rings. The van der Waals surface area contributed by atoms with E-state index < -0.39 is 5.97 Å². The van der Waals surface area contributed by atoms with Crippen LogP contribution in [0.25, 0.3) is 10.4 Å². The minimum absolute atomic E-state index is 0.269. The number of benzene rings is 1. The summed E-state index contributed by atoms with van der Waals surface area (Å²) in [5.74, 6) is 0.626. The first-order valence-corrected chi connectivity index (χ1v) is 7.08. The van der Waals surface area contributed by atoms with Crippen molar-refractivity contribution in [3.63, 3.8) is 0 Å². The number of rotatable bonds is 2. The van der Waals surface area contributed by atoms with Crippen molar-refractivity contribution in [1.29, 1.82) is 0 Å². The number of hydrogen-bond donors (Lipinski definition) is 0. The van der Waals surface area contributed by atoms with E-state index in [0.29, 0.717) is 34.6 Å². The molecule has 0 aliphatic carbocycles. The summed E-state index contributed by atoms with van der Waals surface area (Å²) >= 11 is 7.53. The molecular formula is C13H10ClNO4S. The molecule has 0 fully saturated rings. The topological polar surface area (TPSA) is 57.7 Å². The van der Waals surface area contributed by atoms with Gasteiger partial charge in [0, 0.05) is 0 Å². The molecule has 0 N–H and O–H groups in total. The van der Waals surface area contributed by atoms with Gasteiger partial charge < -0.3 is 14.2 Å². The average molecular weight is 312 g/mol. The van der Waals surface area contributed by atoms with Crippen molar-refractivity contribution in [1.82, 2.24) is 4.98 Å². The molecule has 0 amide bonds. The molecule has 0 spiro atoms. The summed E-state index contributed by atoms with van der Waals surface area (Å²) in [7, 11) is 1.32. The van der Waals surface area contributed by atoms with Crippen LogP contribution in [0.5, 0.6) is 11.5 Å². The number of thiazole rings is 1. The lowest BCUT2D eigenvalue weighted by Crippen LogP contribution is -2.15. The summed E-state index contributed by atoms with van der Waals surface area (Å²) in [4.78, 5) is 16.4. The molecule has 1 aromatic heterocycles. The van der Waals surface area contributed by atoms with Gasteiger partial charge in [-0.1, -0.05) is 11.6 Å². The van der Waals surface area contributed by atoms with Crippen molar-refractivity contribution >= 4 is 28.9 Å². The zero-order valence-electron chi connectivity index (χ0n) is 10.5. The molecule has 7 heteroatoms. The lowest BCUT2D eigenvalue weighted by Gasteiger charge is -2.20. The Morgan fingerprint density at radius 3 is 3.00 bits per heavy atom. The molecule has 2 aromatic rings. The number of halogens is 1. The molecule has 20 heavy (non-hydrogen) atoms. The van der Waals surface area contributed by atoms with E-state index in [-0.39, 0.29) is 5.69 Å². The molecular weight excluding hydrogens is 302 g/mol.